The van der Waals surface area contributed by atoms with E-state index in [1.54, 1.807) is 12.3 Å². The van der Waals surface area contributed by atoms with Crippen LogP contribution in [0.5, 0.6) is 5.88 Å². The average Bonchev–Trinajstić information content (AvgIpc) is 2.97. The van der Waals surface area contributed by atoms with Crippen molar-refractivity contribution in [1.29, 1.82) is 0 Å². The van der Waals surface area contributed by atoms with Crippen LogP contribution in [0.15, 0.2) is 41.4 Å². The van der Waals surface area contributed by atoms with Crippen molar-refractivity contribution < 1.29 is 9.50 Å². The zero-order valence-electron chi connectivity index (χ0n) is 15.7. The van der Waals surface area contributed by atoms with Crippen LogP contribution in [0, 0.1) is 18.7 Å². The number of aliphatic imine (C=N–C) groups is 1. The second-order valence-electron chi connectivity index (χ2n) is 7.45. The fraction of sp³-hybridized carbons (Fsp3) is 0.318. The van der Waals surface area contributed by atoms with E-state index in [-0.39, 0.29) is 11.7 Å². The first-order chi connectivity index (χ1) is 13.0. The Hall–Kier alpha value is -2.82. The number of nitrogens with zero attached hydrogens (tertiary/aromatic N) is 2. The number of fused-ring (bicyclic) bond motifs is 1. The Kier molecular flexibility index (Phi) is 4.60. The summed E-state index contributed by atoms with van der Waals surface area (Å²) in [5, 5.41) is 11.1. The van der Waals surface area contributed by atoms with E-state index in [9.17, 15) is 9.50 Å². The van der Waals surface area contributed by atoms with Crippen LogP contribution in [0.4, 0.5) is 15.8 Å². The Morgan fingerprint density at radius 3 is 2.74 bits per heavy atom. The lowest BCUT2D eigenvalue weighted by molar-refractivity contribution is 0.434. The van der Waals surface area contributed by atoms with Crippen molar-refractivity contribution >= 4 is 28.5 Å². The van der Waals surface area contributed by atoms with E-state index < -0.39 is 0 Å². The van der Waals surface area contributed by atoms with Gasteiger partial charge in [-0.2, -0.15) is 0 Å². The highest BCUT2D eigenvalue weighted by molar-refractivity contribution is 6.04. The highest BCUT2D eigenvalue weighted by Crippen LogP contribution is 2.30. The lowest BCUT2D eigenvalue weighted by atomic mass is 9.99. The van der Waals surface area contributed by atoms with Crippen LogP contribution in [0.25, 0.3) is 10.9 Å². The van der Waals surface area contributed by atoms with Crippen LogP contribution in [0.2, 0.25) is 0 Å². The van der Waals surface area contributed by atoms with Gasteiger partial charge in [0.25, 0.3) is 0 Å². The van der Waals surface area contributed by atoms with Crippen LogP contribution < -0.4 is 4.90 Å². The molecule has 5 heteroatoms. The van der Waals surface area contributed by atoms with E-state index >= 15 is 0 Å². The van der Waals surface area contributed by atoms with E-state index in [0.717, 1.165) is 42.4 Å². The summed E-state index contributed by atoms with van der Waals surface area (Å²) in [5.41, 5.74) is 3.70. The van der Waals surface area contributed by atoms with Crippen molar-refractivity contribution in [3.05, 3.63) is 53.3 Å². The molecule has 2 heterocycles. The molecule has 1 aromatic heterocycles. The van der Waals surface area contributed by atoms with Gasteiger partial charge in [-0.25, -0.2) is 4.39 Å². The Balaban J connectivity index is 1.60. The van der Waals surface area contributed by atoms with Crippen molar-refractivity contribution in [2.45, 2.75) is 26.7 Å². The molecule has 140 valence electrons. The molecule has 4 rings (SSSR count). The highest BCUT2D eigenvalue weighted by Gasteiger charge is 2.18. The summed E-state index contributed by atoms with van der Waals surface area (Å²) in [6, 6.07) is 10.9. The Bertz CT molecular complexity index is 1000. The second kappa shape index (κ2) is 7.06. The lowest BCUT2D eigenvalue weighted by Crippen LogP contribution is -2.33. The molecule has 0 spiro atoms. The van der Waals surface area contributed by atoms with Gasteiger partial charge in [0.15, 0.2) is 5.88 Å². The van der Waals surface area contributed by atoms with Crippen LogP contribution in [0.3, 0.4) is 0 Å². The van der Waals surface area contributed by atoms with Crippen molar-refractivity contribution in [3.63, 3.8) is 0 Å². The monoisotopic (exact) mass is 365 g/mol. The van der Waals surface area contributed by atoms with Crippen molar-refractivity contribution in [1.82, 2.24) is 4.98 Å². The van der Waals surface area contributed by atoms with Gasteiger partial charge in [-0.1, -0.05) is 19.1 Å². The largest absolute Gasteiger partial charge is 0.494 e. The van der Waals surface area contributed by atoms with E-state index in [1.165, 1.54) is 6.07 Å². The molecule has 0 amide bonds. The zero-order chi connectivity index (χ0) is 19.0. The number of aromatic amines is 1. The molecule has 1 saturated heterocycles. The number of aromatic hydroxyl groups is 1. The normalized spacial score (nSPS) is 15.9. The van der Waals surface area contributed by atoms with Crippen molar-refractivity contribution in [2.75, 3.05) is 18.0 Å². The van der Waals surface area contributed by atoms with E-state index in [1.807, 2.05) is 31.2 Å². The first-order valence-corrected chi connectivity index (χ1v) is 9.42. The number of nitrogens with one attached hydrogen (secondary N) is 1. The number of piperidine rings is 1. The van der Waals surface area contributed by atoms with Gasteiger partial charge >= 0.3 is 0 Å². The predicted molar refractivity (Wildman–Crippen MR) is 109 cm³/mol. The quantitative estimate of drug-likeness (QED) is 0.618. The van der Waals surface area contributed by atoms with Gasteiger partial charge in [-0.05, 0) is 49.4 Å². The van der Waals surface area contributed by atoms with Gasteiger partial charge in [0, 0.05) is 36.3 Å². The summed E-state index contributed by atoms with van der Waals surface area (Å²) >= 11 is 0. The minimum absolute atomic E-state index is 0.0718. The lowest BCUT2D eigenvalue weighted by Gasteiger charge is -2.32. The predicted octanol–water partition coefficient (Wildman–Crippen LogP) is 5.31. The SMILES string of the molecule is Cc1cccc2[nH]c(O)c(C=Nc3ccc(N4CCC(C)CC4)c(F)c3)c12. The van der Waals surface area contributed by atoms with Gasteiger partial charge in [0.1, 0.15) is 5.82 Å². The number of anilines is 1. The average molecular weight is 365 g/mol. The molecular weight excluding hydrogens is 341 g/mol. The molecule has 0 bridgehead atoms. The van der Waals surface area contributed by atoms with E-state index in [0.29, 0.717) is 22.9 Å². The maximum atomic E-state index is 14.6. The first-order valence-electron chi connectivity index (χ1n) is 9.42. The number of benzene rings is 2. The molecule has 1 aliphatic heterocycles. The van der Waals surface area contributed by atoms with Gasteiger partial charge in [0.05, 0.1) is 16.9 Å². The molecular formula is C22H24FN3O. The van der Waals surface area contributed by atoms with Crippen LogP contribution in [-0.4, -0.2) is 29.4 Å². The third kappa shape index (κ3) is 3.42. The summed E-state index contributed by atoms with van der Waals surface area (Å²) in [4.78, 5) is 9.46. The Labute approximate surface area is 158 Å². The summed E-state index contributed by atoms with van der Waals surface area (Å²) < 4.78 is 14.6. The van der Waals surface area contributed by atoms with Gasteiger partial charge in [-0.15, -0.1) is 0 Å². The third-order valence-corrected chi connectivity index (χ3v) is 5.45. The summed E-state index contributed by atoms with van der Waals surface area (Å²) in [6.45, 7) is 6.01. The highest BCUT2D eigenvalue weighted by atomic mass is 19.1. The number of rotatable bonds is 3. The van der Waals surface area contributed by atoms with E-state index in [4.69, 9.17) is 0 Å². The Morgan fingerprint density at radius 2 is 2.00 bits per heavy atom. The molecule has 1 fully saturated rings. The minimum Gasteiger partial charge on any atom is -0.494 e. The molecule has 27 heavy (non-hydrogen) atoms. The molecule has 2 N–H and O–H groups in total. The smallest absolute Gasteiger partial charge is 0.198 e. The standard InChI is InChI=1S/C22H24FN3O/c1-14-8-10-26(11-9-14)20-7-6-16(12-18(20)23)24-13-17-21-15(2)4-3-5-19(21)25-22(17)27/h3-7,12-14,25,27H,8-11H2,1-2H3. The maximum absolute atomic E-state index is 14.6. The third-order valence-electron chi connectivity index (χ3n) is 5.45. The zero-order valence-corrected chi connectivity index (χ0v) is 15.7. The molecule has 4 nitrogen and oxygen atoms in total. The van der Waals surface area contributed by atoms with Crippen molar-refractivity contribution in [2.24, 2.45) is 10.9 Å². The van der Waals surface area contributed by atoms with Crippen LogP contribution in [0.1, 0.15) is 30.9 Å². The summed E-state index contributed by atoms with van der Waals surface area (Å²) in [5.74, 6) is 0.529. The topological polar surface area (TPSA) is 51.6 Å². The number of H-pyrrole nitrogens is 1. The van der Waals surface area contributed by atoms with Gasteiger partial charge in [-0.3, -0.25) is 4.99 Å². The molecule has 1 aliphatic rings. The number of hydrogen-bond donors (Lipinski definition) is 2. The molecule has 0 unspecified atom stereocenters. The summed E-state index contributed by atoms with van der Waals surface area (Å²) in [6.07, 6.45) is 3.79. The maximum Gasteiger partial charge on any atom is 0.198 e. The number of hydrogen-bond acceptors (Lipinski definition) is 3. The van der Waals surface area contributed by atoms with E-state index in [2.05, 4.69) is 21.8 Å². The first kappa shape index (κ1) is 17.6. The summed E-state index contributed by atoms with van der Waals surface area (Å²) in [7, 11) is 0. The fourth-order valence-corrected chi connectivity index (χ4v) is 3.79. The molecule has 3 aromatic rings. The number of halogens is 1. The molecule has 2 aromatic carbocycles. The van der Waals surface area contributed by atoms with Crippen molar-refractivity contribution in [3.8, 4) is 5.88 Å². The molecule has 0 radical (unpaired) electrons. The molecule has 0 atom stereocenters. The Morgan fingerprint density at radius 1 is 1.22 bits per heavy atom. The van der Waals surface area contributed by atoms with Gasteiger partial charge in [0.2, 0.25) is 0 Å². The van der Waals surface area contributed by atoms with Crippen LogP contribution >= 0.6 is 0 Å². The second-order valence-corrected chi connectivity index (χ2v) is 7.45. The molecule has 0 saturated carbocycles. The fourth-order valence-electron chi connectivity index (χ4n) is 3.79. The van der Waals surface area contributed by atoms with Gasteiger partial charge < -0.3 is 15.0 Å². The number of aryl methyl sites for hydroxylation is 1. The minimum atomic E-state index is -0.251. The number of aromatic nitrogens is 1. The molecule has 0 aliphatic carbocycles. The van der Waals surface area contributed by atoms with Crippen LogP contribution in [-0.2, 0) is 0 Å².